The van der Waals surface area contributed by atoms with Gasteiger partial charge in [0, 0.05) is 28.9 Å². The molecule has 1 aromatic carbocycles. The van der Waals surface area contributed by atoms with Gasteiger partial charge in [0.2, 0.25) is 0 Å². The van der Waals surface area contributed by atoms with Crippen molar-refractivity contribution in [2.45, 2.75) is 53.5 Å². The molecule has 0 radical (unpaired) electrons. The second-order valence-corrected chi connectivity index (χ2v) is 6.99. The molecule has 2 aliphatic rings. The molecule has 2 atom stereocenters. The van der Waals surface area contributed by atoms with E-state index >= 15 is 0 Å². The van der Waals surface area contributed by atoms with Crippen LogP contribution in [0.5, 0.6) is 5.75 Å². The summed E-state index contributed by atoms with van der Waals surface area (Å²) in [6.45, 7) is 0. The summed E-state index contributed by atoms with van der Waals surface area (Å²) in [4.78, 5) is -0.791. The lowest BCUT2D eigenvalue weighted by molar-refractivity contribution is -0.145. The topological polar surface area (TPSA) is 29.5 Å². The standard InChI is InChI=1S/C14H10F8O2S/c15-10-8-6(24-5-3-12(16,17)4-5)1-2-7(25-14(20,21)22)9(8)11(23)13(10,18)19/h1-2,5,10-11,23H,3-4H2/t10-,11+/m1/s1. The Labute approximate surface area is 140 Å². The number of benzene rings is 1. The molecule has 2 aliphatic carbocycles. The van der Waals surface area contributed by atoms with Crippen LogP contribution in [0.3, 0.4) is 0 Å². The van der Waals surface area contributed by atoms with Crippen molar-refractivity contribution in [2.75, 3.05) is 0 Å². The Hall–Kier alpha value is -1.23. The highest BCUT2D eigenvalue weighted by atomic mass is 32.2. The molecule has 3 rings (SSSR count). The van der Waals surface area contributed by atoms with Crippen molar-refractivity contribution in [3.8, 4) is 5.75 Å². The zero-order chi connectivity index (χ0) is 18.8. The molecule has 1 N–H and O–H groups in total. The molecule has 0 saturated heterocycles. The molecule has 2 nitrogen and oxygen atoms in total. The summed E-state index contributed by atoms with van der Waals surface area (Å²) in [5, 5.41) is 9.62. The summed E-state index contributed by atoms with van der Waals surface area (Å²) >= 11 is -0.776. The Morgan fingerprint density at radius 1 is 1.08 bits per heavy atom. The molecule has 25 heavy (non-hydrogen) atoms. The fraction of sp³-hybridized carbons (Fsp3) is 0.571. The van der Waals surface area contributed by atoms with Crippen LogP contribution >= 0.6 is 11.8 Å². The number of aliphatic hydroxyl groups is 1. The number of ether oxygens (including phenoxy) is 1. The van der Waals surface area contributed by atoms with E-state index in [-0.39, 0.29) is 0 Å². The van der Waals surface area contributed by atoms with Crippen LogP contribution in [0.15, 0.2) is 17.0 Å². The summed E-state index contributed by atoms with van der Waals surface area (Å²) in [6.07, 6.45) is -8.40. The number of rotatable bonds is 3. The van der Waals surface area contributed by atoms with Gasteiger partial charge in [-0.25, -0.2) is 13.2 Å². The normalized spacial score (nSPS) is 27.7. The first-order chi connectivity index (χ1) is 11.3. The van der Waals surface area contributed by atoms with Crippen molar-refractivity contribution in [1.29, 1.82) is 0 Å². The highest BCUT2D eigenvalue weighted by molar-refractivity contribution is 8.00. The third-order valence-corrected chi connectivity index (χ3v) is 4.82. The zero-order valence-electron chi connectivity index (χ0n) is 12.1. The van der Waals surface area contributed by atoms with Gasteiger partial charge in [-0.15, -0.1) is 0 Å². The first-order valence-electron chi connectivity index (χ1n) is 6.99. The van der Waals surface area contributed by atoms with Gasteiger partial charge in [0.25, 0.3) is 5.92 Å². The SMILES string of the molecule is O[C@H]1c2c(SC(F)(F)F)ccc(OC3CC(F)(F)C3)c2[C@@H](F)C1(F)F. The van der Waals surface area contributed by atoms with Gasteiger partial charge in [0.15, 0.2) is 6.17 Å². The number of halogens is 8. The summed E-state index contributed by atoms with van der Waals surface area (Å²) in [7, 11) is 0. The molecular weight excluding hydrogens is 384 g/mol. The molecule has 0 aromatic heterocycles. The predicted molar refractivity (Wildman–Crippen MR) is 70.7 cm³/mol. The number of aliphatic hydroxyl groups excluding tert-OH is 1. The van der Waals surface area contributed by atoms with Crippen molar-refractivity contribution >= 4 is 11.8 Å². The number of thioether (sulfide) groups is 1. The van der Waals surface area contributed by atoms with Crippen LogP contribution in [-0.4, -0.2) is 28.6 Å². The highest BCUT2D eigenvalue weighted by Crippen LogP contribution is 2.59. The minimum Gasteiger partial charge on any atom is -0.490 e. The Bertz CT molecular complexity index is 682. The smallest absolute Gasteiger partial charge is 0.446 e. The predicted octanol–water partition coefficient (Wildman–Crippen LogP) is 5.17. The average Bonchev–Trinajstić information content (AvgIpc) is 2.60. The Kier molecular flexibility index (Phi) is 4.18. The van der Waals surface area contributed by atoms with Gasteiger partial charge in [0.05, 0.1) is 0 Å². The number of alkyl halides is 8. The minimum absolute atomic E-state index is 0.564. The summed E-state index contributed by atoms with van der Waals surface area (Å²) in [5.41, 5.74) is -6.71. The quantitative estimate of drug-likeness (QED) is 0.567. The van der Waals surface area contributed by atoms with Crippen LogP contribution in [0.25, 0.3) is 0 Å². The Morgan fingerprint density at radius 2 is 1.68 bits per heavy atom. The van der Waals surface area contributed by atoms with Crippen molar-refractivity contribution in [1.82, 2.24) is 0 Å². The van der Waals surface area contributed by atoms with Gasteiger partial charge in [-0.2, -0.15) is 22.0 Å². The molecule has 0 bridgehead atoms. The van der Waals surface area contributed by atoms with E-state index < -0.39 is 82.1 Å². The van der Waals surface area contributed by atoms with E-state index in [0.717, 1.165) is 12.1 Å². The largest absolute Gasteiger partial charge is 0.490 e. The fourth-order valence-electron chi connectivity index (χ4n) is 2.85. The van der Waals surface area contributed by atoms with E-state index in [1.54, 1.807) is 0 Å². The Morgan fingerprint density at radius 3 is 2.20 bits per heavy atom. The third kappa shape index (κ3) is 3.27. The lowest BCUT2D eigenvalue weighted by atomic mass is 9.91. The first-order valence-corrected chi connectivity index (χ1v) is 7.80. The van der Waals surface area contributed by atoms with Crippen LogP contribution in [0.2, 0.25) is 0 Å². The molecule has 0 aliphatic heterocycles. The summed E-state index contributed by atoms with van der Waals surface area (Å²) < 4.78 is 110. The van der Waals surface area contributed by atoms with Gasteiger partial charge >= 0.3 is 11.4 Å². The molecule has 1 aromatic rings. The van der Waals surface area contributed by atoms with E-state index in [0.29, 0.717) is 0 Å². The van der Waals surface area contributed by atoms with Crippen LogP contribution in [0.4, 0.5) is 35.1 Å². The lowest BCUT2D eigenvalue weighted by Gasteiger charge is -2.35. The monoisotopic (exact) mass is 394 g/mol. The second-order valence-electron chi connectivity index (χ2n) is 5.88. The summed E-state index contributed by atoms with van der Waals surface area (Å²) in [5.74, 6) is -7.91. The molecule has 0 heterocycles. The number of fused-ring (bicyclic) bond motifs is 1. The van der Waals surface area contributed by atoms with Gasteiger partial charge < -0.3 is 9.84 Å². The molecule has 140 valence electrons. The van der Waals surface area contributed by atoms with E-state index in [1.807, 2.05) is 0 Å². The molecule has 1 saturated carbocycles. The molecule has 0 unspecified atom stereocenters. The van der Waals surface area contributed by atoms with E-state index in [2.05, 4.69) is 0 Å². The van der Waals surface area contributed by atoms with Crippen molar-refractivity contribution in [3.05, 3.63) is 23.3 Å². The van der Waals surface area contributed by atoms with Crippen molar-refractivity contribution < 1.29 is 45.0 Å². The maximum Gasteiger partial charge on any atom is 0.446 e. The molecular formula is C14H10F8O2S. The van der Waals surface area contributed by atoms with E-state index in [9.17, 15) is 40.2 Å². The maximum absolute atomic E-state index is 14.1. The van der Waals surface area contributed by atoms with Crippen LogP contribution in [0, 0.1) is 0 Å². The van der Waals surface area contributed by atoms with Crippen molar-refractivity contribution in [2.24, 2.45) is 0 Å². The zero-order valence-corrected chi connectivity index (χ0v) is 12.9. The van der Waals surface area contributed by atoms with Gasteiger partial charge in [0.1, 0.15) is 18.0 Å². The third-order valence-electron chi connectivity index (χ3n) is 4.01. The highest BCUT2D eigenvalue weighted by Gasteiger charge is 2.59. The number of hydrogen-bond acceptors (Lipinski definition) is 3. The van der Waals surface area contributed by atoms with Gasteiger partial charge in [-0.3, -0.25) is 0 Å². The van der Waals surface area contributed by atoms with Crippen LogP contribution < -0.4 is 4.74 Å². The maximum atomic E-state index is 14.1. The molecule has 1 fully saturated rings. The van der Waals surface area contributed by atoms with Gasteiger partial charge in [-0.1, -0.05) is 0 Å². The first kappa shape index (κ1) is 18.6. The van der Waals surface area contributed by atoms with Crippen LogP contribution in [0.1, 0.15) is 36.2 Å². The van der Waals surface area contributed by atoms with E-state index in [1.165, 1.54) is 0 Å². The molecule has 0 spiro atoms. The summed E-state index contributed by atoms with van der Waals surface area (Å²) in [6, 6.07) is 1.57. The van der Waals surface area contributed by atoms with E-state index in [4.69, 9.17) is 4.74 Å². The fourth-order valence-corrected chi connectivity index (χ4v) is 3.57. The van der Waals surface area contributed by atoms with Gasteiger partial charge in [-0.05, 0) is 23.9 Å². The van der Waals surface area contributed by atoms with Crippen LogP contribution in [-0.2, 0) is 0 Å². The average molecular weight is 394 g/mol. The number of hydrogen-bond donors (Lipinski definition) is 1. The minimum atomic E-state index is -4.85. The second kappa shape index (κ2) is 5.63. The van der Waals surface area contributed by atoms with Crippen molar-refractivity contribution in [3.63, 3.8) is 0 Å². The Balaban J connectivity index is 2.00. The lowest BCUT2D eigenvalue weighted by Crippen LogP contribution is -2.43. The molecule has 11 heteroatoms. The molecule has 0 amide bonds.